The number of alkyl halides is 3. The van der Waals surface area contributed by atoms with E-state index in [1.807, 2.05) is 24.3 Å². The summed E-state index contributed by atoms with van der Waals surface area (Å²) in [6.07, 6.45) is -3.20. The number of thiocarbonyl (C=S) groups is 1. The lowest BCUT2D eigenvalue weighted by Crippen LogP contribution is -2.47. The molecule has 1 aliphatic heterocycles. The Morgan fingerprint density at radius 1 is 1.26 bits per heavy atom. The van der Waals surface area contributed by atoms with Crippen LogP contribution in [0.2, 0.25) is 0 Å². The van der Waals surface area contributed by atoms with E-state index in [0.717, 1.165) is 17.7 Å². The lowest BCUT2D eigenvalue weighted by molar-refractivity contribution is -0.137. The second kappa shape index (κ2) is 9.65. The lowest BCUT2D eigenvalue weighted by Gasteiger charge is -2.33. The molecule has 9 heteroatoms. The Kier molecular flexibility index (Phi) is 7.17. The number of ether oxygens (including phenoxy) is 1. The number of hydrazine groups is 1. The topological polar surface area (TPSA) is 67.6 Å². The summed E-state index contributed by atoms with van der Waals surface area (Å²) in [5.41, 5.74) is 8.78. The molecule has 0 fully saturated rings. The Morgan fingerprint density at radius 3 is 2.68 bits per heavy atom. The van der Waals surface area contributed by atoms with E-state index < -0.39 is 17.8 Å². The fourth-order valence-corrected chi connectivity index (χ4v) is 3.90. The van der Waals surface area contributed by atoms with Gasteiger partial charge in [0.1, 0.15) is 10.7 Å². The Bertz CT molecular complexity index is 952. The minimum atomic E-state index is -4.49. The molecule has 31 heavy (non-hydrogen) atoms. The average molecular weight is 452 g/mol. The number of rotatable bonds is 4. The van der Waals surface area contributed by atoms with Crippen LogP contribution in [0.3, 0.4) is 0 Å². The fraction of sp³-hybridized carbons (Fsp3) is 0.364. The van der Waals surface area contributed by atoms with Gasteiger partial charge in [-0.2, -0.15) is 13.2 Å². The number of nitrogens with one attached hydrogen (secondary N) is 1. The van der Waals surface area contributed by atoms with Gasteiger partial charge in [0.15, 0.2) is 0 Å². The maximum absolute atomic E-state index is 13.1. The molecule has 3 rings (SSSR count). The molecule has 0 radical (unpaired) electrons. The molecule has 2 aromatic carbocycles. The number of nitrogens with two attached hydrogens (primary N) is 1. The molecule has 2 aromatic rings. The Balaban J connectivity index is 1.92. The van der Waals surface area contributed by atoms with Crippen molar-refractivity contribution < 1.29 is 22.7 Å². The summed E-state index contributed by atoms with van der Waals surface area (Å²) in [7, 11) is 0. The maximum atomic E-state index is 13.1. The van der Waals surface area contributed by atoms with Gasteiger partial charge in [-0.1, -0.05) is 42.5 Å². The molecule has 0 aromatic heterocycles. The van der Waals surface area contributed by atoms with Gasteiger partial charge in [0.2, 0.25) is 5.91 Å². The second-order valence-corrected chi connectivity index (χ2v) is 7.86. The van der Waals surface area contributed by atoms with Gasteiger partial charge in [-0.05, 0) is 43.5 Å². The van der Waals surface area contributed by atoms with Gasteiger partial charge in [-0.15, -0.1) is 0 Å². The molecule has 0 spiro atoms. The molecular weight excluding hydrogens is 427 g/mol. The molecule has 1 amide bonds. The van der Waals surface area contributed by atoms with Crippen LogP contribution in [0, 0.1) is 5.92 Å². The van der Waals surface area contributed by atoms with Crippen LogP contribution in [0.5, 0.6) is 5.75 Å². The quantitative estimate of drug-likeness (QED) is 0.538. The SMILES string of the molecule is CC(=O)N(NC(=S)c1cccc(C(F)(F)F)c1)[C@@H]1C[C@H](CCN)COc2ccccc21. The van der Waals surface area contributed by atoms with E-state index in [4.69, 9.17) is 22.7 Å². The van der Waals surface area contributed by atoms with Crippen molar-refractivity contribution in [3.05, 3.63) is 65.2 Å². The standard InChI is InChI=1S/C22H24F3N3O2S/c1-14(29)28(27-21(31)16-5-4-6-17(12-16)22(23,24)25)19-11-15(9-10-26)13-30-20-8-3-2-7-18(19)20/h2-8,12,15,19H,9-11,13,26H2,1H3,(H,27,31)/t15-,19+/m0/s1. The molecule has 166 valence electrons. The molecule has 5 nitrogen and oxygen atoms in total. The van der Waals surface area contributed by atoms with Crippen molar-refractivity contribution in [2.75, 3.05) is 13.2 Å². The van der Waals surface area contributed by atoms with Gasteiger partial charge in [0, 0.05) is 18.1 Å². The van der Waals surface area contributed by atoms with Crippen LogP contribution in [0.25, 0.3) is 0 Å². The van der Waals surface area contributed by atoms with Crippen LogP contribution >= 0.6 is 12.2 Å². The first-order chi connectivity index (χ1) is 14.7. The summed E-state index contributed by atoms with van der Waals surface area (Å²) < 4.78 is 45.2. The number of amides is 1. The molecular formula is C22H24F3N3O2S. The van der Waals surface area contributed by atoms with Gasteiger partial charge in [-0.3, -0.25) is 10.2 Å². The molecule has 2 atom stereocenters. The van der Waals surface area contributed by atoms with Crippen molar-refractivity contribution in [2.24, 2.45) is 11.7 Å². The summed E-state index contributed by atoms with van der Waals surface area (Å²) in [5.74, 6) is 0.445. The van der Waals surface area contributed by atoms with Gasteiger partial charge in [0.05, 0.1) is 18.2 Å². The molecule has 3 N–H and O–H groups in total. The highest BCUT2D eigenvalue weighted by Gasteiger charge is 2.33. The minimum Gasteiger partial charge on any atom is -0.493 e. The number of fused-ring (bicyclic) bond motifs is 1. The number of nitrogens with zero attached hydrogens (tertiary/aromatic N) is 1. The predicted octanol–water partition coefficient (Wildman–Crippen LogP) is 4.22. The van der Waals surface area contributed by atoms with Crippen molar-refractivity contribution >= 4 is 23.1 Å². The first kappa shape index (κ1) is 23.0. The zero-order chi connectivity index (χ0) is 22.6. The Hall–Kier alpha value is -2.65. The third kappa shape index (κ3) is 5.54. The number of hydrogen-bond donors (Lipinski definition) is 2. The van der Waals surface area contributed by atoms with Crippen molar-refractivity contribution in [3.63, 3.8) is 0 Å². The molecule has 0 saturated carbocycles. The van der Waals surface area contributed by atoms with Gasteiger partial charge >= 0.3 is 6.18 Å². The third-order valence-electron chi connectivity index (χ3n) is 5.21. The highest BCUT2D eigenvalue weighted by molar-refractivity contribution is 7.80. The summed E-state index contributed by atoms with van der Waals surface area (Å²) in [6, 6.07) is 11.7. The van der Waals surface area contributed by atoms with Gasteiger partial charge in [-0.25, -0.2) is 5.01 Å². The van der Waals surface area contributed by atoms with Crippen molar-refractivity contribution in [1.82, 2.24) is 10.4 Å². The van der Waals surface area contributed by atoms with E-state index in [1.54, 1.807) is 0 Å². The largest absolute Gasteiger partial charge is 0.493 e. The molecule has 0 aliphatic carbocycles. The normalized spacial score (nSPS) is 18.4. The Labute approximate surface area is 184 Å². The molecule has 0 saturated heterocycles. The van der Waals surface area contributed by atoms with Crippen LogP contribution in [-0.4, -0.2) is 29.1 Å². The van der Waals surface area contributed by atoms with Crippen molar-refractivity contribution in [2.45, 2.75) is 32.0 Å². The van der Waals surface area contributed by atoms with Crippen molar-refractivity contribution in [3.8, 4) is 5.75 Å². The van der Waals surface area contributed by atoms with E-state index in [-0.39, 0.29) is 22.4 Å². The first-order valence-electron chi connectivity index (χ1n) is 9.90. The lowest BCUT2D eigenvalue weighted by atomic mass is 9.93. The van der Waals surface area contributed by atoms with E-state index in [0.29, 0.717) is 31.7 Å². The number of para-hydroxylation sites is 1. The minimum absolute atomic E-state index is 0.0271. The second-order valence-electron chi connectivity index (χ2n) is 7.45. The monoisotopic (exact) mass is 451 g/mol. The average Bonchev–Trinajstić information content (AvgIpc) is 2.91. The molecule has 0 unspecified atom stereocenters. The summed E-state index contributed by atoms with van der Waals surface area (Å²) in [5, 5.41) is 1.37. The Morgan fingerprint density at radius 2 is 2.00 bits per heavy atom. The smallest absolute Gasteiger partial charge is 0.416 e. The predicted molar refractivity (Wildman–Crippen MR) is 115 cm³/mol. The third-order valence-corrected chi connectivity index (χ3v) is 5.54. The zero-order valence-electron chi connectivity index (χ0n) is 17.0. The highest BCUT2D eigenvalue weighted by Crippen LogP contribution is 2.37. The van der Waals surface area contributed by atoms with E-state index >= 15 is 0 Å². The van der Waals surface area contributed by atoms with Crippen molar-refractivity contribution in [1.29, 1.82) is 0 Å². The number of carbonyl (C=O) groups excluding carboxylic acids is 1. The van der Waals surface area contributed by atoms with Crippen LogP contribution < -0.4 is 15.9 Å². The molecule has 1 heterocycles. The van der Waals surface area contributed by atoms with Crippen LogP contribution in [-0.2, 0) is 11.0 Å². The number of benzene rings is 2. The van der Waals surface area contributed by atoms with Crippen LogP contribution in [0.4, 0.5) is 13.2 Å². The van der Waals surface area contributed by atoms with E-state index in [9.17, 15) is 18.0 Å². The number of carbonyl (C=O) groups is 1. The van der Waals surface area contributed by atoms with E-state index in [1.165, 1.54) is 24.1 Å². The van der Waals surface area contributed by atoms with Gasteiger partial charge < -0.3 is 10.5 Å². The van der Waals surface area contributed by atoms with Crippen LogP contribution in [0.15, 0.2) is 48.5 Å². The van der Waals surface area contributed by atoms with E-state index in [2.05, 4.69) is 5.43 Å². The van der Waals surface area contributed by atoms with Gasteiger partial charge in [0.25, 0.3) is 0 Å². The zero-order valence-corrected chi connectivity index (χ0v) is 17.8. The first-order valence-corrected chi connectivity index (χ1v) is 10.3. The van der Waals surface area contributed by atoms with Crippen LogP contribution in [0.1, 0.15) is 42.5 Å². The summed E-state index contributed by atoms with van der Waals surface area (Å²) >= 11 is 5.36. The molecule has 1 aliphatic rings. The summed E-state index contributed by atoms with van der Waals surface area (Å²) in [4.78, 5) is 12.6. The fourth-order valence-electron chi connectivity index (χ4n) is 3.67. The summed E-state index contributed by atoms with van der Waals surface area (Å²) in [6.45, 7) is 2.33. The maximum Gasteiger partial charge on any atom is 0.416 e. The number of hydrogen-bond acceptors (Lipinski definition) is 4. The molecule has 0 bridgehead atoms. The highest BCUT2D eigenvalue weighted by atomic mass is 32.1. The number of halogens is 3.